The zero-order valence-corrected chi connectivity index (χ0v) is 13.8. The topological polar surface area (TPSA) is 49.8 Å². The molecule has 3 rings (SSSR count). The van der Waals surface area contributed by atoms with E-state index in [0.29, 0.717) is 13.0 Å². The van der Waals surface area contributed by atoms with Gasteiger partial charge in [0.2, 0.25) is 0 Å². The molecule has 25 heavy (non-hydrogen) atoms. The Morgan fingerprint density at radius 2 is 2.08 bits per heavy atom. The lowest BCUT2D eigenvalue weighted by Gasteiger charge is -2.36. The Balaban J connectivity index is 1.84. The molecule has 2 aromatic carbocycles. The number of esters is 1. The number of ether oxygens (including phenoxy) is 1. The molecule has 0 fully saturated rings. The summed E-state index contributed by atoms with van der Waals surface area (Å²) in [5.41, 5.74) is 1.69. The maximum atomic E-state index is 13.9. The van der Waals surface area contributed by atoms with Gasteiger partial charge in [0, 0.05) is 30.4 Å². The van der Waals surface area contributed by atoms with Crippen molar-refractivity contribution in [3.63, 3.8) is 0 Å². The first-order chi connectivity index (χ1) is 12.0. The summed E-state index contributed by atoms with van der Waals surface area (Å²) in [6.07, 6.45) is -0.564. The van der Waals surface area contributed by atoms with E-state index >= 15 is 0 Å². The molecule has 1 aliphatic rings. The Kier molecular flexibility index (Phi) is 4.99. The highest BCUT2D eigenvalue weighted by atomic mass is 19.1. The van der Waals surface area contributed by atoms with Gasteiger partial charge in [0.15, 0.2) is 0 Å². The maximum absolute atomic E-state index is 13.9. The monoisotopic (exact) mass is 347 g/mol. The number of methoxy groups -OCH3 is 1. The quantitative estimate of drug-likeness (QED) is 0.863. The van der Waals surface area contributed by atoms with Gasteiger partial charge in [-0.1, -0.05) is 24.3 Å². The molecule has 2 unspecified atom stereocenters. The number of hydrogen-bond donors (Lipinski definition) is 1. The third-order valence-corrected chi connectivity index (χ3v) is 4.54. The summed E-state index contributed by atoms with van der Waals surface area (Å²) < 4.78 is 31.8. The summed E-state index contributed by atoms with van der Waals surface area (Å²) in [5.74, 6) is -2.10. The van der Waals surface area contributed by atoms with E-state index in [1.807, 2.05) is 29.2 Å². The molecule has 2 aromatic rings. The molecule has 4 nitrogen and oxygen atoms in total. The Bertz CT molecular complexity index is 781. The van der Waals surface area contributed by atoms with Crippen LogP contribution in [0.1, 0.15) is 29.6 Å². The maximum Gasteiger partial charge on any atom is 0.313 e. The fraction of sp³-hybridized carbons (Fsp3) is 0.316. The first kappa shape index (κ1) is 17.4. The van der Waals surface area contributed by atoms with Crippen molar-refractivity contribution in [2.75, 3.05) is 25.1 Å². The third-order valence-electron chi connectivity index (χ3n) is 4.54. The van der Waals surface area contributed by atoms with Gasteiger partial charge in [0.1, 0.15) is 11.6 Å². The van der Waals surface area contributed by atoms with Crippen LogP contribution in [0.5, 0.6) is 0 Å². The van der Waals surface area contributed by atoms with Crippen LogP contribution in [0, 0.1) is 11.6 Å². The summed E-state index contributed by atoms with van der Waals surface area (Å²) in [6.45, 7) is 0.671. The van der Waals surface area contributed by atoms with Gasteiger partial charge in [0.05, 0.1) is 19.1 Å². The number of nitrogens with zero attached hydrogens (tertiary/aromatic N) is 1. The Labute approximate surface area is 144 Å². The van der Waals surface area contributed by atoms with Gasteiger partial charge in [-0.3, -0.25) is 4.79 Å². The number of aliphatic hydroxyl groups excluding tert-OH is 1. The molecule has 6 heteroatoms. The molecule has 0 saturated carbocycles. The molecule has 132 valence electrons. The van der Waals surface area contributed by atoms with Crippen molar-refractivity contribution < 1.29 is 23.4 Å². The molecule has 2 atom stereocenters. The van der Waals surface area contributed by atoms with Crippen LogP contribution in [0.4, 0.5) is 14.5 Å². The molecular weight excluding hydrogens is 328 g/mol. The molecule has 0 aromatic heterocycles. The summed E-state index contributed by atoms with van der Waals surface area (Å²) in [4.78, 5) is 13.9. The van der Waals surface area contributed by atoms with E-state index in [1.165, 1.54) is 13.2 Å². The number of β-amino-alcohol motifs (C(OH)–C–C–N with tert-alkyl or cyclic N) is 1. The smallest absolute Gasteiger partial charge is 0.313 e. The fourth-order valence-corrected chi connectivity index (χ4v) is 3.29. The molecule has 0 bridgehead atoms. The minimum Gasteiger partial charge on any atom is -0.469 e. The normalized spacial score (nSPS) is 17.8. The van der Waals surface area contributed by atoms with Crippen molar-refractivity contribution in [3.8, 4) is 0 Å². The number of halogens is 2. The van der Waals surface area contributed by atoms with E-state index in [4.69, 9.17) is 4.74 Å². The first-order valence-electron chi connectivity index (χ1n) is 8.06. The number of anilines is 1. The molecule has 1 heterocycles. The number of hydrogen-bond acceptors (Lipinski definition) is 4. The molecular formula is C19H19F2NO3. The average molecular weight is 347 g/mol. The molecule has 1 N–H and O–H groups in total. The highest BCUT2D eigenvalue weighted by Crippen LogP contribution is 2.36. The van der Waals surface area contributed by atoms with E-state index < -0.39 is 17.7 Å². The zero-order valence-electron chi connectivity index (χ0n) is 13.8. The minimum absolute atomic E-state index is 0.0500. The van der Waals surface area contributed by atoms with Crippen molar-refractivity contribution in [1.29, 1.82) is 0 Å². The van der Waals surface area contributed by atoms with Crippen molar-refractivity contribution in [2.45, 2.75) is 18.4 Å². The van der Waals surface area contributed by atoms with Crippen LogP contribution in [-0.2, 0) is 9.53 Å². The van der Waals surface area contributed by atoms with Gasteiger partial charge in [-0.15, -0.1) is 0 Å². The Morgan fingerprint density at radius 3 is 2.80 bits per heavy atom. The summed E-state index contributed by atoms with van der Waals surface area (Å²) in [5, 5.41) is 10.4. The summed E-state index contributed by atoms with van der Waals surface area (Å²) in [7, 11) is 1.36. The van der Waals surface area contributed by atoms with Crippen LogP contribution in [-0.4, -0.2) is 31.3 Å². The predicted octanol–water partition coefficient (Wildman–Crippen LogP) is 3.17. The molecule has 0 saturated heterocycles. The van der Waals surface area contributed by atoms with Crippen LogP contribution in [0.3, 0.4) is 0 Å². The minimum atomic E-state index is -1.11. The van der Waals surface area contributed by atoms with Gasteiger partial charge >= 0.3 is 5.97 Å². The van der Waals surface area contributed by atoms with Gasteiger partial charge < -0.3 is 14.7 Å². The third kappa shape index (κ3) is 3.49. The zero-order chi connectivity index (χ0) is 18.0. The van der Waals surface area contributed by atoms with Crippen LogP contribution >= 0.6 is 0 Å². The lowest BCUT2D eigenvalue weighted by atomic mass is 9.89. The van der Waals surface area contributed by atoms with Gasteiger partial charge in [-0.25, -0.2) is 8.78 Å². The second kappa shape index (κ2) is 7.19. The molecule has 0 spiro atoms. The molecule has 0 amide bonds. The fourth-order valence-electron chi connectivity index (χ4n) is 3.29. The molecule has 0 aliphatic carbocycles. The van der Waals surface area contributed by atoms with E-state index in [-0.39, 0.29) is 24.0 Å². The van der Waals surface area contributed by atoms with Crippen molar-refractivity contribution in [1.82, 2.24) is 0 Å². The van der Waals surface area contributed by atoms with Crippen molar-refractivity contribution in [3.05, 3.63) is 65.2 Å². The highest BCUT2D eigenvalue weighted by molar-refractivity contribution is 5.81. The predicted molar refractivity (Wildman–Crippen MR) is 89.3 cm³/mol. The SMILES string of the molecule is COC(=O)C1CCN(CC(O)c2ccc(F)cc2F)c2ccccc21. The van der Waals surface area contributed by atoms with Crippen LogP contribution < -0.4 is 4.90 Å². The lowest BCUT2D eigenvalue weighted by molar-refractivity contribution is -0.142. The van der Waals surface area contributed by atoms with E-state index in [9.17, 15) is 18.7 Å². The van der Waals surface area contributed by atoms with Gasteiger partial charge in [-0.2, -0.15) is 0 Å². The van der Waals surface area contributed by atoms with Crippen LogP contribution in [0.15, 0.2) is 42.5 Å². The number of carbonyl (C=O) groups is 1. The second-order valence-electron chi connectivity index (χ2n) is 6.05. The lowest BCUT2D eigenvalue weighted by Crippen LogP contribution is -2.36. The largest absolute Gasteiger partial charge is 0.469 e. The number of rotatable bonds is 4. The Morgan fingerprint density at radius 1 is 1.32 bits per heavy atom. The van der Waals surface area contributed by atoms with Crippen LogP contribution in [0.25, 0.3) is 0 Å². The number of aliphatic hydroxyl groups is 1. The summed E-state index contributed by atoms with van der Waals surface area (Å²) in [6, 6.07) is 10.5. The number of benzene rings is 2. The highest BCUT2D eigenvalue weighted by Gasteiger charge is 2.31. The molecule has 1 aliphatic heterocycles. The number of carbonyl (C=O) groups excluding carboxylic acids is 1. The van der Waals surface area contributed by atoms with E-state index in [2.05, 4.69) is 0 Å². The van der Waals surface area contributed by atoms with Gasteiger partial charge in [0.25, 0.3) is 0 Å². The summed E-state index contributed by atoms with van der Waals surface area (Å²) >= 11 is 0. The van der Waals surface area contributed by atoms with Crippen molar-refractivity contribution >= 4 is 11.7 Å². The van der Waals surface area contributed by atoms with E-state index in [0.717, 1.165) is 23.4 Å². The molecule has 0 radical (unpaired) electrons. The van der Waals surface area contributed by atoms with Crippen molar-refractivity contribution in [2.24, 2.45) is 0 Å². The Hall–Kier alpha value is -2.47. The second-order valence-corrected chi connectivity index (χ2v) is 6.05. The van der Waals surface area contributed by atoms with Crippen LogP contribution in [0.2, 0.25) is 0 Å². The standard InChI is InChI=1S/C19H19F2NO3/c1-25-19(24)14-8-9-22(17-5-3-2-4-13(14)17)11-18(23)15-7-6-12(20)10-16(15)21/h2-7,10,14,18,23H,8-9,11H2,1H3. The number of para-hydroxylation sites is 1. The number of fused-ring (bicyclic) bond motifs is 1. The van der Waals surface area contributed by atoms with Gasteiger partial charge in [-0.05, 0) is 24.1 Å². The first-order valence-corrected chi connectivity index (χ1v) is 8.06. The van der Waals surface area contributed by atoms with E-state index in [1.54, 1.807) is 0 Å². The average Bonchev–Trinajstić information content (AvgIpc) is 2.61.